The summed E-state index contributed by atoms with van der Waals surface area (Å²) in [6, 6.07) is 8.35. The first-order valence-electron chi connectivity index (χ1n) is 7.62. The molecule has 4 nitrogen and oxygen atoms in total. The van der Waals surface area contributed by atoms with Gasteiger partial charge in [0.1, 0.15) is 18.1 Å². The normalized spacial score (nSPS) is 11.2. The second kappa shape index (κ2) is 8.31. The highest BCUT2D eigenvalue weighted by atomic mass is 35.5. The van der Waals surface area contributed by atoms with E-state index in [0.717, 1.165) is 13.2 Å². The molecule has 0 saturated heterocycles. The van der Waals surface area contributed by atoms with E-state index in [9.17, 15) is 18.0 Å². The number of ether oxygens (including phenoxy) is 3. The molecule has 26 heavy (non-hydrogen) atoms. The fraction of sp³-hybridized carbons (Fsp3) is 0.278. The smallest absolute Gasteiger partial charge is 0.488 e. The summed E-state index contributed by atoms with van der Waals surface area (Å²) in [6.07, 6.45) is -5.08. The Labute approximate surface area is 153 Å². The number of halogens is 4. The van der Waals surface area contributed by atoms with Crippen molar-refractivity contribution < 1.29 is 32.2 Å². The van der Waals surface area contributed by atoms with Gasteiger partial charge in [-0.1, -0.05) is 30.7 Å². The molecule has 0 saturated carbocycles. The molecule has 0 fully saturated rings. The zero-order valence-corrected chi connectivity index (χ0v) is 14.8. The number of hydrogen-bond acceptors (Lipinski definition) is 4. The third kappa shape index (κ3) is 4.82. The van der Waals surface area contributed by atoms with Crippen LogP contribution < -0.4 is 9.47 Å². The maximum Gasteiger partial charge on any atom is 0.513 e. The topological polar surface area (TPSA) is 44.8 Å². The van der Waals surface area contributed by atoms with Gasteiger partial charge in [-0.2, -0.15) is 13.2 Å². The summed E-state index contributed by atoms with van der Waals surface area (Å²) in [4.78, 5) is 11.3. The maximum absolute atomic E-state index is 13.3. The van der Waals surface area contributed by atoms with Crippen LogP contribution in [0.4, 0.5) is 18.0 Å². The first-order chi connectivity index (χ1) is 12.3. The van der Waals surface area contributed by atoms with E-state index in [0.29, 0.717) is 12.0 Å². The highest BCUT2D eigenvalue weighted by Gasteiger charge is 2.34. The van der Waals surface area contributed by atoms with Gasteiger partial charge in [-0.3, -0.25) is 0 Å². The summed E-state index contributed by atoms with van der Waals surface area (Å²) in [6.45, 7) is 1.44. The van der Waals surface area contributed by atoms with E-state index in [1.807, 2.05) is 0 Å². The number of rotatable bonds is 5. The standard InChI is InChI=1S/C18H16ClF3O4/c1-3-11-7-8-16(13(9-11)18(20,21)22)25-10-12-14(19)5-4-6-15(12)26-17(23)24-2/h4-9H,3,10H2,1-2H3. The monoisotopic (exact) mass is 388 g/mol. The minimum Gasteiger partial charge on any atom is -0.488 e. The SMILES string of the molecule is CCc1ccc(OCc2c(Cl)cccc2OC(=O)OC)c(C(F)(F)F)c1. The average Bonchev–Trinajstić information content (AvgIpc) is 2.60. The Bertz CT molecular complexity index is 790. The molecule has 0 N–H and O–H groups in total. The van der Waals surface area contributed by atoms with Crippen LogP contribution in [0.25, 0.3) is 0 Å². The van der Waals surface area contributed by atoms with Crippen molar-refractivity contribution in [1.82, 2.24) is 0 Å². The molecule has 0 unspecified atom stereocenters. The highest BCUT2D eigenvalue weighted by molar-refractivity contribution is 6.31. The lowest BCUT2D eigenvalue weighted by Gasteiger charge is -2.17. The molecule has 2 rings (SSSR count). The summed E-state index contributed by atoms with van der Waals surface area (Å²) in [7, 11) is 1.13. The minimum absolute atomic E-state index is 0.0445. The van der Waals surface area contributed by atoms with Gasteiger partial charge in [-0.25, -0.2) is 4.79 Å². The van der Waals surface area contributed by atoms with E-state index in [4.69, 9.17) is 21.1 Å². The predicted octanol–water partition coefficient (Wildman–Crippen LogP) is 5.65. The molecule has 0 bridgehead atoms. The molecule has 2 aromatic carbocycles. The van der Waals surface area contributed by atoms with Gasteiger partial charge in [-0.05, 0) is 36.2 Å². The Balaban J connectivity index is 2.31. The van der Waals surface area contributed by atoms with Crippen LogP contribution in [0, 0.1) is 0 Å². The van der Waals surface area contributed by atoms with Crippen molar-refractivity contribution in [2.45, 2.75) is 26.1 Å². The molecule has 0 amide bonds. The quantitative estimate of drug-likeness (QED) is 0.490. The molecule has 0 atom stereocenters. The number of carbonyl (C=O) groups excluding carboxylic acids is 1. The number of hydrogen-bond donors (Lipinski definition) is 0. The lowest BCUT2D eigenvalue weighted by molar-refractivity contribution is -0.139. The van der Waals surface area contributed by atoms with Gasteiger partial charge in [0.25, 0.3) is 0 Å². The molecule has 0 aliphatic carbocycles. The number of methoxy groups -OCH3 is 1. The molecule has 2 aromatic rings. The largest absolute Gasteiger partial charge is 0.513 e. The van der Waals surface area contributed by atoms with Crippen LogP contribution in [-0.2, 0) is 23.9 Å². The second-order valence-corrected chi connectivity index (χ2v) is 5.65. The van der Waals surface area contributed by atoms with Crippen LogP contribution in [0.1, 0.15) is 23.6 Å². The Kier molecular flexibility index (Phi) is 6.37. The molecule has 0 aliphatic heterocycles. The maximum atomic E-state index is 13.3. The zero-order valence-electron chi connectivity index (χ0n) is 14.0. The molecule has 140 valence electrons. The predicted molar refractivity (Wildman–Crippen MR) is 89.6 cm³/mol. The van der Waals surface area contributed by atoms with Gasteiger partial charge < -0.3 is 14.2 Å². The van der Waals surface area contributed by atoms with Crippen LogP contribution in [0.5, 0.6) is 11.5 Å². The van der Waals surface area contributed by atoms with E-state index < -0.39 is 17.9 Å². The van der Waals surface area contributed by atoms with E-state index >= 15 is 0 Å². The molecule has 0 aromatic heterocycles. The Hall–Kier alpha value is -2.41. The molecular formula is C18H16ClF3O4. The third-order valence-corrected chi connectivity index (χ3v) is 3.92. The Morgan fingerprint density at radius 3 is 2.50 bits per heavy atom. The first-order valence-corrected chi connectivity index (χ1v) is 8.00. The van der Waals surface area contributed by atoms with Crippen molar-refractivity contribution in [1.29, 1.82) is 0 Å². The van der Waals surface area contributed by atoms with E-state index in [1.54, 1.807) is 13.0 Å². The molecule has 8 heteroatoms. The summed E-state index contributed by atoms with van der Waals surface area (Å²) < 4.78 is 54.5. The Morgan fingerprint density at radius 2 is 1.88 bits per heavy atom. The summed E-state index contributed by atoms with van der Waals surface area (Å²) in [5.41, 5.74) is -0.108. The van der Waals surface area contributed by atoms with Crippen LogP contribution in [0.3, 0.4) is 0 Å². The van der Waals surface area contributed by atoms with Crippen molar-refractivity contribution in [2.24, 2.45) is 0 Å². The molecule has 0 spiro atoms. The van der Waals surface area contributed by atoms with E-state index in [1.165, 1.54) is 24.3 Å². The summed E-state index contributed by atoms with van der Waals surface area (Å²) in [5, 5.41) is 0.185. The van der Waals surface area contributed by atoms with Crippen molar-refractivity contribution >= 4 is 17.8 Å². The van der Waals surface area contributed by atoms with E-state index in [2.05, 4.69) is 4.74 Å². The number of carbonyl (C=O) groups is 1. The van der Waals surface area contributed by atoms with Gasteiger partial charge in [0.05, 0.1) is 23.3 Å². The van der Waals surface area contributed by atoms with Crippen LogP contribution in [-0.4, -0.2) is 13.3 Å². The van der Waals surface area contributed by atoms with Gasteiger partial charge in [0.2, 0.25) is 0 Å². The van der Waals surface area contributed by atoms with Gasteiger partial charge in [0, 0.05) is 0 Å². The lowest BCUT2D eigenvalue weighted by atomic mass is 10.1. The molecular weight excluding hydrogens is 373 g/mol. The van der Waals surface area contributed by atoms with Gasteiger partial charge in [0.15, 0.2) is 0 Å². The summed E-state index contributed by atoms with van der Waals surface area (Å²) >= 11 is 6.07. The zero-order chi connectivity index (χ0) is 19.3. The minimum atomic E-state index is -4.56. The van der Waals surface area contributed by atoms with Crippen LogP contribution in [0.15, 0.2) is 36.4 Å². The van der Waals surface area contributed by atoms with Crippen LogP contribution >= 0.6 is 11.6 Å². The fourth-order valence-corrected chi connectivity index (χ4v) is 2.42. The fourth-order valence-electron chi connectivity index (χ4n) is 2.20. The van der Waals surface area contributed by atoms with Gasteiger partial charge in [-0.15, -0.1) is 0 Å². The number of aryl methyl sites for hydroxylation is 1. The highest BCUT2D eigenvalue weighted by Crippen LogP contribution is 2.38. The van der Waals surface area contributed by atoms with Gasteiger partial charge >= 0.3 is 12.3 Å². The number of alkyl halides is 3. The molecule has 0 aliphatic rings. The Morgan fingerprint density at radius 1 is 1.15 bits per heavy atom. The average molecular weight is 389 g/mol. The molecule has 0 heterocycles. The second-order valence-electron chi connectivity index (χ2n) is 5.24. The molecule has 0 radical (unpaired) electrons. The van der Waals surface area contributed by atoms with Crippen molar-refractivity contribution in [3.8, 4) is 11.5 Å². The number of benzene rings is 2. The van der Waals surface area contributed by atoms with Crippen molar-refractivity contribution in [2.75, 3.05) is 7.11 Å². The summed E-state index contributed by atoms with van der Waals surface area (Å²) in [5.74, 6) is -0.290. The van der Waals surface area contributed by atoms with Crippen LogP contribution in [0.2, 0.25) is 5.02 Å². The van der Waals surface area contributed by atoms with Crippen molar-refractivity contribution in [3.63, 3.8) is 0 Å². The van der Waals surface area contributed by atoms with E-state index in [-0.39, 0.29) is 28.7 Å². The third-order valence-electron chi connectivity index (χ3n) is 3.57. The first kappa shape index (κ1) is 19.9. The van der Waals surface area contributed by atoms with Crippen molar-refractivity contribution in [3.05, 3.63) is 58.1 Å². The lowest BCUT2D eigenvalue weighted by Crippen LogP contribution is -2.12.